The molecule has 0 atom stereocenters. The Morgan fingerprint density at radius 2 is 1.55 bits per heavy atom. The third-order valence-corrected chi connectivity index (χ3v) is 6.51. The standard InChI is InChI=1S/C26H27N4.Pt/c1-25(2)19-11-7-9-17(13-19)22-16-30(6)24(28-22)26(3,4)20-12-8-10-18(14-20)21-15-29(5)23(25)27-21;/h7-12,15H,16H2,1-6H3;/q-1;+2. The summed E-state index contributed by atoms with van der Waals surface area (Å²) in [7, 11) is 4.19. The zero-order chi connectivity index (χ0) is 21.3. The topological polar surface area (TPSA) is 33.2 Å². The van der Waals surface area contributed by atoms with Crippen LogP contribution >= 0.6 is 0 Å². The molecule has 1 aromatic heterocycles. The van der Waals surface area contributed by atoms with Gasteiger partial charge in [-0.2, -0.15) is 0 Å². The number of amidine groups is 1. The first kappa shape index (κ1) is 21.9. The zero-order valence-electron chi connectivity index (χ0n) is 18.9. The van der Waals surface area contributed by atoms with Gasteiger partial charge in [0.25, 0.3) is 5.84 Å². The molecule has 2 aromatic carbocycles. The van der Waals surface area contributed by atoms with Gasteiger partial charge >= 0.3 is 21.1 Å². The van der Waals surface area contributed by atoms with Gasteiger partial charge in [0, 0.05) is 18.2 Å². The zero-order valence-corrected chi connectivity index (χ0v) is 21.1. The van der Waals surface area contributed by atoms with E-state index in [-0.39, 0.29) is 31.9 Å². The van der Waals surface area contributed by atoms with Crippen LogP contribution in [0, 0.1) is 12.1 Å². The molecular weight excluding hydrogens is 563 g/mol. The van der Waals surface area contributed by atoms with Crippen molar-refractivity contribution in [3.05, 3.63) is 77.2 Å². The molecule has 2 aliphatic rings. The monoisotopic (exact) mass is 590 g/mol. The van der Waals surface area contributed by atoms with Crippen LogP contribution in [0.5, 0.6) is 0 Å². The van der Waals surface area contributed by atoms with Crippen LogP contribution in [0.15, 0.2) is 47.6 Å². The molecule has 0 unspecified atom stereocenters. The molecule has 0 N–H and O–H groups in total. The first-order valence-electron chi connectivity index (χ1n) is 10.4. The number of hydrogen-bond acceptors (Lipinski definition) is 2. The van der Waals surface area contributed by atoms with Crippen molar-refractivity contribution in [2.75, 3.05) is 13.6 Å². The third kappa shape index (κ3) is 3.36. The number of rotatable bonds is 0. The molecule has 8 bridgehead atoms. The Kier molecular flexibility index (Phi) is 5.21. The number of likely N-dealkylation sites (N-methyl/N-ethyl adjacent to an activating group) is 1. The van der Waals surface area contributed by atoms with Crippen LogP contribution in [0.1, 0.15) is 50.2 Å². The van der Waals surface area contributed by atoms with E-state index in [4.69, 9.17) is 9.98 Å². The fourth-order valence-electron chi connectivity index (χ4n) is 4.71. The molecule has 0 aliphatic carbocycles. The Morgan fingerprint density at radius 1 is 0.935 bits per heavy atom. The summed E-state index contributed by atoms with van der Waals surface area (Å²) < 4.78 is 4.38. The van der Waals surface area contributed by atoms with Crippen molar-refractivity contribution in [1.29, 1.82) is 0 Å². The van der Waals surface area contributed by atoms with Crippen LogP contribution in [0.2, 0.25) is 0 Å². The number of imidazole rings is 1. The van der Waals surface area contributed by atoms with Crippen molar-refractivity contribution >= 4 is 11.5 Å². The maximum absolute atomic E-state index is 5.11. The van der Waals surface area contributed by atoms with Crippen molar-refractivity contribution in [2.24, 2.45) is 12.0 Å². The molecule has 0 amide bonds. The van der Waals surface area contributed by atoms with Crippen LogP contribution in [-0.4, -0.2) is 39.3 Å². The number of aromatic nitrogens is 2. The third-order valence-electron chi connectivity index (χ3n) is 6.51. The van der Waals surface area contributed by atoms with E-state index in [1.165, 1.54) is 0 Å². The predicted octanol–water partition coefficient (Wildman–Crippen LogP) is 4.15. The van der Waals surface area contributed by atoms with Crippen LogP contribution in [-0.2, 0) is 38.9 Å². The number of benzene rings is 2. The molecule has 0 radical (unpaired) electrons. The van der Waals surface area contributed by atoms with E-state index in [0.717, 1.165) is 51.9 Å². The quantitative estimate of drug-likeness (QED) is 0.286. The van der Waals surface area contributed by atoms with Gasteiger partial charge in [-0.05, 0) is 20.0 Å². The Morgan fingerprint density at radius 3 is 2.26 bits per heavy atom. The minimum Gasteiger partial charge on any atom is -0.346 e. The van der Waals surface area contributed by atoms with Crippen molar-refractivity contribution in [3.8, 4) is 11.3 Å². The Labute approximate surface area is 199 Å². The first-order valence-corrected chi connectivity index (χ1v) is 10.4. The second-order valence-corrected chi connectivity index (χ2v) is 9.51. The summed E-state index contributed by atoms with van der Waals surface area (Å²) >= 11 is 0. The van der Waals surface area contributed by atoms with Gasteiger partial charge in [0.2, 0.25) is 0 Å². The summed E-state index contributed by atoms with van der Waals surface area (Å²) in [6, 6.07) is 20.0. The summed E-state index contributed by atoms with van der Waals surface area (Å²) in [4.78, 5) is 10.2. The molecule has 0 spiro atoms. The van der Waals surface area contributed by atoms with Gasteiger partial charge in [-0.1, -0.05) is 24.4 Å². The molecule has 5 heteroatoms. The van der Waals surface area contributed by atoms with E-state index in [1.807, 2.05) is 0 Å². The Bertz CT molecular complexity index is 1240. The Balaban J connectivity index is 0.00000231. The molecule has 0 saturated heterocycles. The van der Waals surface area contributed by atoms with E-state index in [1.54, 1.807) is 0 Å². The molecule has 31 heavy (non-hydrogen) atoms. The van der Waals surface area contributed by atoms with E-state index in [2.05, 4.69) is 106 Å². The number of nitrogens with zero attached hydrogens (tertiary/aromatic N) is 4. The number of hydrogen-bond donors (Lipinski definition) is 0. The summed E-state index contributed by atoms with van der Waals surface area (Å²) in [5.74, 6) is 2.07. The first-order chi connectivity index (χ1) is 14.2. The normalized spacial score (nSPS) is 18.2. The maximum atomic E-state index is 5.11. The summed E-state index contributed by atoms with van der Waals surface area (Å²) in [5.41, 5.74) is 5.75. The Hall–Kier alpha value is -2.32. The van der Waals surface area contributed by atoms with Gasteiger partial charge < -0.3 is 4.57 Å². The van der Waals surface area contributed by atoms with Gasteiger partial charge in [-0.15, -0.1) is 65.2 Å². The largest absolute Gasteiger partial charge is 2.00 e. The van der Waals surface area contributed by atoms with Crippen LogP contribution in [0.3, 0.4) is 0 Å². The molecule has 160 valence electrons. The van der Waals surface area contributed by atoms with Crippen molar-refractivity contribution in [3.63, 3.8) is 0 Å². The average molecular weight is 591 g/mol. The van der Waals surface area contributed by atoms with E-state index in [9.17, 15) is 0 Å². The van der Waals surface area contributed by atoms with E-state index in [0.29, 0.717) is 0 Å². The van der Waals surface area contributed by atoms with E-state index < -0.39 is 0 Å². The second kappa shape index (κ2) is 7.38. The number of aryl methyl sites for hydroxylation is 1. The van der Waals surface area contributed by atoms with Crippen molar-refractivity contribution in [2.45, 2.75) is 38.5 Å². The van der Waals surface area contributed by atoms with Crippen molar-refractivity contribution in [1.82, 2.24) is 9.55 Å². The minimum absolute atomic E-state index is 0. The molecule has 0 fully saturated rings. The minimum atomic E-state index is -0.290. The SMILES string of the molecule is Cn1cc2nc1C(C)(C)c1[c-]c(ccc1)C1=NC(=[N+](C)C1)C(C)(C)c1[c-]c-2ccc1.[Pt+2]. The van der Waals surface area contributed by atoms with Crippen LogP contribution in [0.4, 0.5) is 0 Å². The molecule has 0 saturated carbocycles. The summed E-state index contributed by atoms with van der Waals surface area (Å²) in [5, 5.41) is 0. The summed E-state index contributed by atoms with van der Waals surface area (Å²) in [6.45, 7) is 9.65. The smallest absolute Gasteiger partial charge is 0.346 e. The van der Waals surface area contributed by atoms with Gasteiger partial charge in [-0.25, -0.2) is 0 Å². The maximum Gasteiger partial charge on any atom is 2.00 e. The molecule has 4 nitrogen and oxygen atoms in total. The van der Waals surface area contributed by atoms with Crippen molar-refractivity contribution < 1.29 is 25.6 Å². The molecule has 3 heterocycles. The predicted molar refractivity (Wildman–Crippen MR) is 121 cm³/mol. The molecular formula is C26H27N4Pt+. The van der Waals surface area contributed by atoms with Gasteiger partial charge in [-0.3, -0.25) is 9.56 Å². The molecule has 3 aromatic rings. The molecule has 2 aliphatic heterocycles. The van der Waals surface area contributed by atoms with Crippen LogP contribution in [0.25, 0.3) is 11.3 Å². The fraction of sp³-hybridized carbons (Fsp3) is 0.346. The summed E-state index contributed by atoms with van der Waals surface area (Å²) in [6.07, 6.45) is 2.10. The van der Waals surface area contributed by atoms with Gasteiger partial charge in [0.15, 0.2) is 0 Å². The number of aliphatic imine (C=N–C) groups is 1. The second-order valence-electron chi connectivity index (χ2n) is 9.51. The molecule has 5 rings (SSSR count). The number of fused-ring (bicyclic) bond motifs is 9. The average Bonchev–Trinajstić information content (AvgIpc) is 3.31. The fourth-order valence-corrected chi connectivity index (χ4v) is 4.71. The van der Waals surface area contributed by atoms with Gasteiger partial charge in [0.05, 0.1) is 12.5 Å². The van der Waals surface area contributed by atoms with Crippen LogP contribution < -0.4 is 0 Å². The van der Waals surface area contributed by atoms with E-state index >= 15 is 0 Å². The van der Waals surface area contributed by atoms with Gasteiger partial charge in [0.1, 0.15) is 18.1 Å².